The summed E-state index contributed by atoms with van der Waals surface area (Å²) >= 11 is 0. The lowest BCUT2D eigenvalue weighted by Crippen LogP contribution is -2.53. The van der Waals surface area contributed by atoms with Crippen LogP contribution in [0, 0.1) is 5.92 Å². The minimum absolute atomic E-state index is 0.0457. The number of carbonyl (C=O) groups excluding carboxylic acids is 1. The van der Waals surface area contributed by atoms with Crippen LogP contribution in [0.5, 0.6) is 0 Å². The lowest BCUT2D eigenvalue weighted by molar-refractivity contribution is -0.160. The molecule has 0 amide bonds. The van der Waals surface area contributed by atoms with E-state index in [0.717, 1.165) is 31.5 Å². The topological polar surface area (TPSA) is 29.5 Å². The molecule has 3 nitrogen and oxygen atoms in total. The molecule has 1 atom stereocenters. The quantitative estimate of drug-likeness (QED) is 0.773. The van der Waals surface area contributed by atoms with E-state index in [2.05, 4.69) is 17.0 Å². The summed E-state index contributed by atoms with van der Waals surface area (Å²) in [7, 11) is 0. The number of likely N-dealkylation sites (tertiary alicyclic amines) is 1. The summed E-state index contributed by atoms with van der Waals surface area (Å²) in [5, 5.41) is 0. The zero-order valence-corrected chi connectivity index (χ0v) is 12.2. The molecule has 1 unspecified atom stereocenters. The average Bonchev–Trinajstić information content (AvgIpc) is 3.16. The molecular formula is C17H23NO2. The van der Waals surface area contributed by atoms with Crippen molar-refractivity contribution in [2.24, 2.45) is 5.92 Å². The number of nitrogens with zero attached hydrogens (tertiary/aromatic N) is 1. The first kappa shape index (κ1) is 13.6. The first-order chi connectivity index (χ1) is 9.80. The van der Waals surface area contributed by atoms with Crippen molar-refractivity contribution in [3.05, 3.63) is 35.9 Å². The monoisotopic (exact) mass is 273 g/mol. The van der Waals surface area contributed by atoms with Gasteiger partial charge >= 0.3 is 5.97 Å². The Hall–Kier alpha value is -1.35. The van der Waals surface area contributed by atoms with Crippen molar-refractivity contribution in [2.45, 2.75) is 38.1 Å². The Morgan fingerprint density at radius 2 is 1.90 bits per heavy atom. The van der Waals surface area contributed by atoms with Gasteiger partial charge in [0.25, 0.3) is 0 Å². The van der Waals surface area contributed by atoms with Gasteiger partial charge in [-0.15, -0.1) is 0 Å². The van der Waals surface area contributed by atoms with Gasteiger partial charge in [0.2, 0.25) is 0 Å². The van der Waals surface area contributed by atoms with Gasteiger partial charge in [-0.1, -0.05) is 30.3 Å². The van der Waals surface area contributed by atoms with Crippen LogP contribution in [0.4, 0.5) is 0 Å². The molecule has 108 valence electrons. The van der Waals surface area contributed by atoms with Gasteiger partial charge < -0.3 is 4.74 Å². The lowest BCUT2D eigenvalue weighted by atomic mass is 9.83. The summed E-state index contributed by atoms with van der Waals surface area (Å²) < 4.78 is 5.49. The Balaban J connectivity index is 2.06. The molecule has 0 spiro atoms. The maximum atomic E-state index is 12.9. The van der Waals surface area contributed by atoms with Gasteiger partial charge in [-0.3, -0.25) is 4.90 Å². The smallest absolute Gasteiger partial charge is 0.331 e. The van der Waals surface area contributed by atoms with E-state index in [9.17, 15) is 4.79 Å². The molecule has 0 radical (unpaired) electrons. The number of esters is 1. The van der Waals surface area contributed by atoms with Crippen LogP contribution >= 0.6 is 0 Å². The van der Waals surface area contributed by atoms with Crippen molar-refractivity contribution in [3.63, 3.8) is 0 Å². The lowest BCUT2D eigenvalue weighted by Gasteiger charge is -2.40. The summed E-state index contributed by atoms with van der Waals surface area (Å²) in [6, 6.07) is 10.3. The molecule has 1 saturated heterocycles. The molecule has 2 aliphatic rings. The van der Waals surface area contributed by atoms with E-state index in [1.807, 2.05) is 25.1 Å². The molecule has 0 N–H and O–H groups in total. The molecule has 1 aliphatic heterocycles. The number of hydrogen-bond donors (Lipinski definition) is 0. The SMILES string of the molecule is CCOC(=O)C(c1ccccc1)(C1CC1)N1CCCC1. The van der Waals surface area contributed by atoms with E-state index in [4.69, 9.17) is 4.74 Å². The summed E-state index contributed by atoms with van der Waals surface area (Å²) in [6.07, 6.45) is 4.62. The molecule has 1 saturated carbocycles. The fourth-order valence-corrected chi connectivity index (χ4v) is 3.59. The highest BCUT2D eigenvalue weighted by Gasteiger charge is 2.57. The van der Waals surface area contributed by atoms with Crippen LogP contribution < -0.4 is 0 Å². The van der Waals surface area contributed by atoms with Crippen molar-refractivity contribution in [3.8, 4) is 0 Å². The second-order valence-electron chi connectivity index (χ2n) is 5.82. The predicted octanol–water partition coefficient (Wildman–Crippen LogP) is 2.95. The molecule has 20 heavy (non-hydrogen) atoms. The van der Waals surface area contributed by atoms with Gasteiger partial charge in [0, 0.05) is 0 Å². The zero-order chi connectivity index (χ0) is 14.0. The van der Waals surface area contributed by atoms with Crippen molar-refractivity contribution in [2.75, 3.05) is 19.7 Å². The first-order valence-electron chi connectivity index (χ1n) is 7.78. The molecule has 1 aromatic rings. The van der Waals surface area contributed by atoms with Crippen LogP contribution in [0.15, 0.2) is 30.3 Å². The average molecular weight is 273 g/mol. The van der Waals surface area contributed by atoms with Crippen LogP contribution in [0.25, 0.3) is 0 Å². The molecule has 2 fully saturated rings. The normalized spacial score (nSPS) is 22.4. The molecule has 0 bridgehead atoms. The minimum Gasteiger partial charge on any atom is -0.464 e. The molecule has 0 aromatic heterocycles. The first-order valence-corrected chi connectivity index (χ1v) is 7.78. The van der Waals surface area contributed by atoms with Crippen molar-refractivity contribution in [1.82, 2.24) is 4.90 Å². The second kappa shape index (κ2) is 5.57. The van der Waals surface area contributed by atoms with Gasteiger partial charge in [0.05, 0.1) is 6.61 Å². The van der Waals surface area contributed by atoms with Crippen molar-refractivity contribution < 1.29 is 9.53 Å². The predicted molar refractivity (Wildman–Crippen MR) is 78.3 cm³/mol. The summed E-state index contributed by atoms with van der Waals surface area (Å²) in [6.45, 7) is 4.35. The summed E-state index contributed by atoms with van der Waals surface area (Å²) in [5.74, 6) is 0.373. The summed E-state index contributed by atoms with van der Waals surface area (Å²) in [5.41, 5.74) is 0.580. The highest BCUT2D eigenvalue weighted by Crippen LogP contribution is 2.51. The van der Waals surface area contributed by atoms with Crippen LogP contribution in [0.3, 0.4) is 0 Å². The van der Waals surface area contributed by atoms with Crippen molar-refractivity contribution >= 4 is 5.97 Å². The van der Waals surface area contributed by atoms with Crippen LogP contribution in [0.1, 0.15) is 38.2 Å². The third-order valence-corrected chi connectivity index (χ3v) is 4.57. The Kier molecular flexibility index (Phi) is 3.79. The Morgan fingerprint density at radius 1 is 1.25 bits per heavy atom. The van der Waals surface area contributed by atoms with Gasteiger partial charge in [0.15, 0.2) is 0 Å². The van der Waals surface area contributed by atoms with Gasteiger partial charge in [0.1, 0.15) is 5.54 Å². The van der Waals surface area contributed by atoms with Gasteiger partial charge in [-0.25, -0.2) is 4.79 Å². The largest absolute Gasteiger partial charge is 0.464 e. The van der Waals surface area contributed by atoms with E-state index in [1.165, 1.54) is 12.8 Å². The third kappa shape index (κ3) is 2.14. The fraction of sp³-hybridized carbons (Fsp3) is 0.588. The van der Waals surface area contributed by atoms with E-state index >= 15 is 0 Å². The molecular weight excluding hydrogens is 250 g/mol. The Labute approximate surface area is 120 Å². The highest BCUT2D eigenvalue weighted by atomic mass is 16.5. The number of carbonyl (C=O) groups is 1. The maximum Gasteiger partial charge on any atom is 0.331 e. The number of hydrogen-bond acceptors (Lipinski definition) is 3. The van der Waals surface area contributed by atoms with E-state index < -0.39 is 5.54 Å². The van der Waals surface area contributed by atoms with E-state index in [-0.39, 0.29) is 5.97 Å². The third-order valence-electron chi connectivity index (χ3n) is 4.57. The number of ether oxygens (including phenoxy) is 1. The zero-order valence-electron chi connectivity index (χ0n) is 12.2. The van der Waals surface area contributed by atoms with E-state index in [0.29, 0.717) is 12.5 Å². The summed E-state index contributed by atoms with van der Waals surface area (Å²) in [4.78, 5) is 15.2. The van der Waals surface area contributed by atoms with Crippen LogP contribution in [-0.2, 0) is 15.1 Å². The second-order valence-corrected chi connectivity index (χ2v) is 5.82. The molecule has 1 aromatic carbocycles. The van der Waals surface area contributed by atoms with Gasteiger partial charge in [-0.2, -0.15) is 0 Å². The molecule has 1 aliphatic carbocycles. The molecule has 3 rings (SSSR count). The Morgan fingerprint density at radius 3 is 2.45 bits per heavy atom. The van der Waals surface area contributed by atoms with Crippen LogP contribution in [-0.4, -0.2) is 30.6 Å². The number of benzene rings is 1. The highest BCUT2D eigenvalue weighted by molar-refractivity contribution is 5.83. The van der Waals surface area contributed by atoms with E-state index in [1.54, 1.807) is 0 Å². The Bertz CT molecular complexity index is 463. The van der Waals surface area contributed by atoms with Gasteiger partial charge in [-0.05, 0) is 57.2 Å². The van der Waals surface area contributed by atoms with Crippen molar-refractivity contribution in [1.29, 1.82) is 0 Å². The fourth-order valence-electron chi connectivity index (χ4n) is 3.59. The molecule has 1 heterocycles. The van der Waals surface area contributed by atoms with Crippen LogP contribution in [0.2, 0.25) is 0 Å². The molecule has 3 heteroatoms. The minimum atomic E-state index is -0.534. The maximum absolute atomic E-state index is 12.9. The standard InChI is InChI=1S/C17H23NO2/c1-2-20-16(19)17(15-10-11-15,18-12-6-7-13-18)14-8-4-3-5-9-14/h3-5,8-9,15H,2,6-7,10-13H2,1H3. The number of rotatable bonds is 5.